The van der Waals surface area contributed by atoms with Gasteiger partial charge in [-0.05, 0) is 79.8 Å². The van der Waals surface area contributed by atoms with Gasteiger partial charge in [0.05, 0.1) is 13.2 Å². The summed E-state index contributed by atoms with van der Waals surface area (Å²) < 4.78 is 11.9. The number of unbranched alkanes of at least 4 members (excludes halogenated alkanes) is 3. The molecule has 7 N–H and O–H groups in total. The number of para-hydroxylation sites is 1. The number of rotatable bonds is 19. The Morgan fingerprint density at radius 3 is 2.17 bits per heavy atom. The minimum absolute atomic E-state index is 0. The zero-order valence-corrected chi connectivity index (χ0v) is 24.9. The zero-order valence-electron chi connectivity index (χ0n) is 24.1. The number of carbonyl (C=O) groups is 2. The lowest BCUT2D eigenvalue weighted by Crippen LogP contribution is -2.07. The Kier molecular flexibility index (Phi) is 17.5. The number of thioether (sulfide) groups is 1. The van der Waals surface area contributed by atoms with Crippen LogP contribution in [-0.4, -0.2) is 52.6 Å². The first-order valence-electron chi connectivity index (χ1n) is 13.8. The molecule has 0 aliphatic rings. The number of anilines is 2. The SMILES string of the molecule is CSc1cc(Nc2ccccc2)cc(OCCCCCCc2cccc(OCCCC(=O)O)c2CCC(=O)O)c1.O.O. The van der Waals surface area contributed by atoms with Crippen LogP contribution < -0.4 is 14.8 Å². The van der Waals surface area contributed by atoms with Crippen molar-refractivity contribution in [1.29, 1.82) is 0 Å². The first-order chi connectivity index (χ1) is 19.4. The van der Waals surface area contributed by atoms with E-state index in [-0.39, 0.29) is 23.8 Å². The van der Waals surface area contributed by atoms with Gasteiger partial charge in [-0.25, -0.2) is 0 Å². The lowest BCUT2D eigenvalue weighted by atomic mass is 9.97. The molecule has 0 saturated carbocycles. The van der Waals surface area contributed by atoms with Gasteiger partial charge < -0.3 is 36.0 Å². The van der Waals surface area contributed by atoms with E-state index in [1.165, 1.54) is 0 Å². The number of aryl methyl sites for hydroxylation is 1. The third-order valence-corrected chi connectivity index (χ3v) is 7.11. The van der Waals surface area contributed by atoms with Crippen LogP contribution >= 0.6 is 11.8 Å². The standard InChI is InChI=1S/C32H39NO6S.2H2O/c1-40-28-22-26(33-25-13-6-4-7-14-25)21-27(23-28)38-19-8-3-2-5-11-24-12-9-15-30(29(24)17-18-32(36)37)39-20-10-16-31(34)35;;/h4,6-7,9,12-15,21-23,33H,2-3,5,8,10-11,16-20H2,1H3,(H,34,35)(H,36,37);2*1H2. The Bertz CT molecular complexity index is 1220. The fourth-order valence-electron chi connectivity index (χ4n) is 4.40. The molecular weight excluding hydrogens is 558 g/mol. The van der Waals surface area contributed by atoms with E-state index in [1.807, 2.05) is 54.6 Å². The Morgan fingerprint density at radius 2 is 1.45 bits per heavy atom. The van der Waals surface area contributed by atoms with Crippen LogP contribution in [0.3, 0.4) is 0 Å². The van der Waals surface area contributed by atoms with Crippen molar-refractivity contribution in [3.8, 4) is 11.5 Å². The smallest absolute Gasteiger partial charge is 0.303 e. The maximum Gasteiger partial charge on any atom is 0.303 e. The van der Waals surface area contributed by atoms with Crippen LogP contribution in [0, 0.1) is 0 Å². The van der Waals surface area contributed by atoms with E-state index < -0.39 is 11.9 Å². The lowest BCUT2D eigenvalue weighted by Gasteiger charge is -2.15. The van der Waals surface area contributed by atoms with Crippen molar-refractivity contribution >= 4 is 35.1 Å². The Balaban J connectivity index is 0.00000441. The average Bonchev–Trinajstić information content (AvgIpc) is 2.94. The fraction of sp³-hybridized carbons (Fsp3) is 0.375. The van der Waals surface area contributed by atoms with Crippen molar-refractivity contribution in [3.05, 3.63) is 77.9 Å². The number of aliphatic carboxylic acids is 2. The molecule has 0 unspecified atom stereocenters. The van der Waals surface area contributed by atoms with Crippen molar-refractivity contribution < 1.29 is 40.2 Å². The molecule has 0 spiro atoms. The summed E-state index contributed by atoms with van der Waals surface area (Å²) in [4.78, 5) is 23.1. The van der Waals surface area contributed by atoms with E-state index in [1.54, 1.807) is 11.8 Å². The number of ether oxygens (including phenoxy) is 2. The molecular formula is C32H43NO8S. The number of hydrogen-bond acceptors (Lipinski definition) is 6. The van der Waals surface area contributed by atoms with Crippen LogP contribution in [0.15, 0.2) is 71.6 Å². The number of benzene rings is 3. The summed E-state index contributed by atoms with van der Waals surface area (Å²) in [6, 6.07) is 22.1. The summed E-state index contributed by atoms with van der Waals surface area (Å²) in [7, 11) is 0. The highest BCUT2D eigenvalue weighted by atomic mass is 32.2. The molecule has 0 atom stereocenters. The Hall–Kier alpha value is -3.73. The third kappa shape index (κ3) is 13.3. The third-order valence-electron chi connectivity index (χ3n) is 6.40. The van der Waals surface area contributed by atoms with Crippen LogP contribution in [0.5, 0.6) is 11.5 Å². The largest absolute Gasteiger partial charge is 0.493 e. The molecule has 0 bridgehead atoms. The van der Waals surface area contributed by atoms with Crippen molar-refractivity contribution in [2.75, 3.05) is 24.8 Å². The topological polar surface area (TPSA) is 168 Å². The normalized spacial score (nSPS) is 10.2. The Labute approximate surface area is 251 Å². The molecule has 0 aliphatic carbocycles. The van der Waals surface area contributed by atoms with Crippen LogP contribution in [-0.2, 0) is 22.4 Å². The van der Waals surface area contributed by atoms with Crippen molar-refractivity contribution in [3.63, 3.8) is 0 Å². The number of carboxylic acid groups (broad SMARTS) is 2. The fourth-order valence-corrected chi connectivity index (χ4v) is 4.87. The molecule has 9 nitrogen and oxygen atoms in total. The predicted octanol–water partition coefficient (Wildman–Crippen LogP) is 5.95. The molecule has 42 heavy (non-hydrogen) atoms. The van der Waals surface area contributed by atoms with E-state index in [0.29, 0.717) is 31.8 Å². The van der Waals surface area contributed by atoms with E-state index in [2.05, 4.69) is 23.7 Å². The van der Waals surface area contributed by atoms with E-state index >= 15 is 0 Å². The number of hydrogen-bond donors (Lipinski definition) is 3. The molecule has 0 aliphatic heterocycles. The van der Waals surface area contributed by atoms with E-state index in [0.717, 1.165) is 65.3 Å². The van der Waals surface area contributed by atoms with Gasteiger partial charge in [-0.1, -0.05) is 43.2 Å². The maximum absolute atomic E-state index is 11.2. The second kappa shape index (κ2) is 20.2. The molecule has 0 radical (unpaired) electrons. The van der Waals surface area contributed by atoms with Crippen LogP contribution in [0.1, 0.15) is 56.1 Å². The first kappa shape index (κ1) is 36.3. The van der Waals surface area contributed by atoms with Crippen molar-refractivity contribution in [1.82, 2.24) is 0 Å². The van der Waals surface area contributed by atoms with Crippen molar-refractivity contribution in [2.24, 2.45) is 0 Å². The molecule has 230 valence electrons. The minimum Gasteiger partial charge on any atom is -0.493 e. The second-order valence-corrected chi connectivity index (χ2v) is 10.4. The van der Waals surface area contributed by atoms with Gasteiger partial charge in [0.1, 0.15) is 11.5 Å². The number of carboxylic acids is 2. The molecule has 3 aromatic rings. The van der Waals surface area contributed by atoms with Gasteiger partial charge in [0.15, 0.2) is 0 Å². The van der Waals surface area contributed by atoms with E-state index in [4.69, 9.17) is 14.6 Å². The lowest BCUT2D eigenvalue weighted by molar-refractivity contribution is -0.138. The van der Waals surface area contributed by atoms with Gasteiger partial charge in [-0.3, -0.25) is 9.59 Å². The summed E-state index contributed by atoms with van der Waals surface area (Å²) in [5.41, 5.74) is 4.05. The second-order valence-electron chi connectivity index (χ2n) is 9.53. The molecule has 0 heterocycles. The maximum atomic E-state index is 11.2. The molecule has 3 aromatic carbocycles. The summed E-state index contributed by atoms with van der Waals surface area (Å²) >= 11 is 1.68. The average molecular weight is 602 g/mol. The summed E-state index contributed by atoms with van der Waals surface area (Å²) in [6.07, 6.45) is 7.77. The van der Waals surface area contributed by atoms with Gasteiger partial charge in [-0.2, -0.15) is 0 Å². The summed E-state index contributed by atoms with van der Waals surface area (Å²) in [6.45, 7) is 0.936. The molecule has 10 heteroatoms. The highest BCUT2D eigenvalue weighted by molar-refractivity contribution is 7.98. The van der Waals surface area contributed by atoms with Crippen LogP contribution in [0.25, 0.3) is 0 Å². The van der Waals surface area contributed by atoms with Gasteiger partial charge in [-0.15, -0.1) is 11.8 Å². The van der Waals surface area contributed by atoms with Gasteiger partial charge >= 0.3 is 11.9 Å². The molecule has 0 aromatic heterocycles. The van der Waals surface area contributed by atoms with Crippen LogP contribution in [0.2, 0.25) is 0 Å². The van der Waals surface area contributed by atoms with Gasteiger partial charge in [0, 0.05) is 35.2 Å². The molecule has 0 amide bonds. The highest BCUT2D eigenvalue weighted by Crippen LogP contribution is 2.29. The molecule has 3 rings (SSSR count). The minimum atomic E-state index is -0.854. The zero-order chi connectivity index (χ0) is 28.6. The van der Waals surface area contributed by atoms with Gasteiger partial charge in [0.25, 0.3) is 0 Å². The van der Waals surface area contributed by atoms with Crippen molar-refractivity contribution in [2.45, 2.75) is 62.7 Å². The predicted molar refractivity (Wildman–Crippen MR) is 168 cm³/mol. The highest BCUT2D eigenvalue weighted by Gasteiger charge is 2.12. The molecule has 0 saturated heterocycles. The summed E-state index contributed by atoms with van der Waals surface area (Å²) in [5.74, 6) is -0.190. The monoisotopic (exact) mass is 601 g/mol. The number of nitrogens with one attached hydrogen (secondary N) is 1. The van der Waals surface area contributed by atoms with Gasteiger partial charge in [0.2, 0.25) is 0 Å². The Morgan fingerprint density at radius 1 is 0.738 bits per heavy atom. The summed E-state index contributed by atoms with van der Waals surface area (Å²) in [5, 5.41) is 21.5. The van der Waals surface area contributed by atoms with E-state index in [9.17, 15) is 14.7 Å². The molecule has 0 fully saturated rings. The van der Waals surface area contributed by atoms with Crippen LogP contribution in [0.4, 0.5) is 11.4 Å². The first-order valence-corrected chi connectivity index (χ1v) is 15.0. The quantitative estimate of drug-likeness (QED) is 0.112.